The second-order valence-corrected chi connectivity index (χ2v) is 6.24. The van der Waals surface area contributed by atoms with Gasteiger partial charge in [-0.25, -0.2) is 4.79 Å². The second kappa shape index (κ2) is 4.97. The summed E-state index contributed by atoms with van der Waals surface area (Å²) in [7, 11) is 0. The zero-order valence-electron chi connectivity index (χ0n) is 7.56. The summed E-state index contributed by atoms with van der Waals surface area (Å²) in [6, 6.07) is 0. The second-order valence-electron chi connectivity index (χ2n) is 3.34. The average Bonchev–Trinajstić information content (AvgIpc) is 1.79. The molecule has 0 radical (unpaired) electrons. The molecule has 0 amide bonds. The van der Waals surface area contributed by atoms with Gasteiger partial charge in [0, 0.05) is 6.42 Å². The highest BCUT2D eigenvalue weighted by Crippen LogP contribution is 2.38. The molecule has 1 atom stereocenters. The van der Waals surface area contributed by atoms with Crippen LogP contribution < -0.4 is 0 Å². The Labute approximate surface area is 102 Å². The van der Waals surface area contributed by atoms with Gasteiger partial charge in [-0.1, -0.05) is 34.8 Å². The smallest absolute Gasteiger partial charge is 0.450 e. The van der Waals surface area contributed by atoms with Gasteiger partial charge in [-0.15, -0.1) is 11.6 Å². The summed E-state index contributed by atoms with van der Waals surface area (Å²) in [5.74, 6) is 0. The van der Waals surface area contributed by atoms with E-state index in [0.717, 1.165) is 0 Å². The summed E-state index contributed by atoms with van der Waals surface area (Å²) >= 11 is 22.3. The van der Waals surface area contributed by atoms with E-state index in [1.165, 1.54) is 0 Å². The molecule has 1 N–H and O–H groups in total. The van der Waals surface area contributed by atoms with Crippen molar-refractivity contribution < 1.29 is 14.6 Å². The molecule has 3 nitrogen and oxygen atoms in total. The van der Waals surface area contributed by atoms with Gasteiger partial charge >= 0.3 is 6.16 Å². The van der Waals surface area contributed by atoms with Gasteiger partial charge in [0.1, 0.15) is 5.60 Å². The van der Waals surface area contributed by atoms with E-state index in [0.29, 0.717) is 0 Å². The highest BCUT2D eigenvalue weighted by Gasteiger charge is 2.37. The van der Waals surface area contributed by atoms with E-state index in [1.54, 1.807) is 13.8 Å². The van der Waals surface area contributed by atoms with Crippen molar-refractivity contribution in [3.63, 3.8) is 0 Å². The highest BCUT2D eigenvalue weighted by molar-refractivity contribution is 6.70. The Kier molecular flexibility index (Phi) is 5.12. The Hall–Kier alpha value is 0.430. The first-order valence-electron chi connectivity index (χ1n) is 3.67. The summed E-state index contributed by atoms with van der Waals surface area (Å²) in [6.07, 6.45) is -1.28. The fourth-order valence-electron chi connectivity index (χ4n) is 0.825. The van der Waals surface area contributed by atoms with Crippen molar-refractivity contribution in [2.45, 2.75) is 35.0 Å². The van der Waals surface area contributed by atoms with Crippen molar-refractivity contribution in [1.82, 2.24) is 0 Å². The minimum Gasteiger partial charge on any atom is -0.450 e. The van der Waals surface area contributed by atoms with Gasteiger partial charge in [-0.2, -0.15) is 0 Å². The largest absolute Gasteiger partial charge is 0.506 e. The Morgan fingerprint density at radius 3 is 2.14 bits per heavy atom. The molecule has 0 aromatic carbocycles. The molecular formula is C7H10Cl4O3. The lowest BCUT2D eigenvalue weighted by molar-refractivity contribution is -0.00118. The molecule has 7 heteroatoms. The monoisotopic (exact) mass is 282 g/mol. The van der Waals surface area contributed by atoms with E-state index in [2.05, 4.69) is 4.74 Å². The van der Waals surface area contributed by atoms with Crippen LogP contribution in [0.1, 0.15) is 20.3 Å². The summed E-state index contributed by atoms with van der Waals surface area (Å²) in [5.41, 5.74) is -0.984. The van der Waals surface area contributed by atoms with Crippen molar-refractivity contribution in [1.29, 1.82) is 0 Å². The molecule has 0 fully saturated rings. The van der Waals surface area contributed by atoms with Gasteiger partial charge in [0.05, 0.1) is 5.38 Å². The number of hydrogen-bond acceptors (Lipinski definition) is 2. The van der Waals surface area contributed by atoms with E-state index < -0.39 is 20.9 Å². The third-order valence-electron chi connectivity index (χ3n) is 1.39. The number of hydrogen-bond donors (Lipinski definition) is 1. The topological polar surface area (TPSA) is 46.5 Å². The van der Waals surface area contributed by atoms with Crippen LogP contribution in [0.2, 0.25) is 0 Å². The first-order chi connectivity index (χ1) is 6.04. The summed E-state index contributed by atoms with van der Waals surface area (Å²) in [5, 5.41) is 7.58. The fraction of sp³-hybridized carbons (Fsp3) is 0.857. The van der Waals surface area contributed by atoms with Crippen LogP contribution in [0.5, 0.6) is 0 Å². The summed E-state index contributed by atoms with van der Waals surface area (Å²) in [4.78, 5) is 10.3. The maximum atomic E-state index is 10.3. The van der Waals surface area contributed by atoms with Crippen LogP contribution in [-0.2, 0) is 4.74 Å². The fourth-order valence-corrected chi connectivity index (χ4v) is 1.43. The normalized spacial score (nSPS) is 15.0. The molecule has 0 saturated carbocycles. The average molecular weight is 284 g/mol. The molecule has 0 aliphatic rings. The molecule has 0 bridgehead atoms. The van der Waals surface area contributed by atoms with Gasteiger partial charge in [-0.3, -0.25) is 0 Å². The lowest BCUT2D eigenvalue weighted by Gasteiger charge is -2.28. The maximum absolute atomic E-state index is 10.3. The van der Waals surface area contributed by atoms with E-state index in [4.69, 9.17) is 51.5 Å². The highest BCUT2D eigenvalue weighted by atomic mass is 35.6. The number of halogens is 4. The lowest BCUT2D eigenvalue weighted by atomic mass is 10.0. The van der Waals surface area contributed by atoms with Crippen LogP contribution in [0.15, 0.2) is 0 Å². The molecule has 0 aliphatic heterocycles. The molecule has 84 valence electrons. The quantitative estimate of drug-likeness (QED) is 0.632. The number of carbonyl (C=O) groups is 1. The van der Waals surface area contributed by atoms with E-state index >= 15 is 0 Å². The van der Waals surface area contributed by atoms with Crippen molar-refractivity contribution in [2.24, 2.45) is 0 Å². The standard InChI is InChI=1S/C7H10Cl4O3/c1-6(2,14-5(12)13)3-4(8)7(9,10)11/h4H,3H2,1-2H3,(H,12,13). The Bertz CT molecular complexity index is 211. The maximum Gasteiger partial charge on any atom is 0.506 e. The van der Waals surface area contributed by atoms with E-state index in [-0.39, 0.29) is 6.42 Å². The molecule has 14 heavy (non-hydrogen) atoms. The molecule has 0 heterocycles. The van der Waals surface area contributed by atoms with Crippen LogP contribution >= 0.6 is 46.4 Å². The predicted octanol–water partition coefficient (Wildman–Crippen LogP) is 3.83. The van der Waals surface area contributed by atoms with Crippen LogP contribution in [0, 0.1) is 0 Å². The Morgan fingerprint density at radius 1 is 1.43 bits per heavy atom. The van der Waals surface area contributed by atoms with Gasteiger partial charge < -0.3 is 9.84 Å². The zero-order valence-corrected chi connectivity index (χ0v) is 10.6. The zero-order chi connectivity index (χ0) is 11.6. The molecular weight excluding hydrogens is 274 g/mol. The lowest BCUT2D eigenvalue weighted by Crippen LogP contribution is -2.34. The third-order valence-corrected chi connectivity index (χ3v) is 3.00. The van der Waals surface area contributed by atoms with Crippen LogP contribution in [0.25, 0.3) is 0 Å². The minimum atomic E-state index is -1.64. The van der Waals surface area contributed by atoms with Gasteiger partial charge in [-0.05, 0) is 13.8 Å². The summed E-state index contributed by atoms with van der Waals surface area (Å²) in [6.45, 7) is 3.10. The van der Waals surface area contributed by atoms with Crippen LogP contribution in [-0.4, -0.2) is 26.0 Å². The SMILES string of the molecule is CC(C)(CC(Cl)C(Cl)(Cl)Cl)OC(=O)O. The van der Waals surface area contributed by atoms with Gasteiger partial charge in [0.25, 0.3) is 0 Å². The predicted molar refractivity (Wildman–Crippen MR) is 57.7 cm³/mol. The number of alkyl halides is 4. The molecule has 0 saturated heterocycles. The van der Waals surface area contributed by atoms with Crippen LogP contribution in [0.3, 0.4) is 0 Å². The van der Waals surface area contributed by atoms with Gasteiger partial charge in [0.15, 0.2) is 0 Å². The van der Waals surface area contributed by atoms with E-state index in [9.17, 15) is 4.79 Å². The Balaban J connectivity index is 4.29. The number of ether oxygens (including phenoxy) is 1. The Morgan fingerprint density at radius 2 is 1.86 bits per heavy atom. The third kappa shape index (κ3) is 6.02. The van der Waals surface area contributed by atoms with Gasteiger partial charge in [0.2, 0.25) is 3.79 Å². The first kappa shape index (κ1) is 14.4. The first-order valence-corrected chi connectivity index (χ1v) is 5.24. The van der Waals surface area contributed by atoms with Crippen molar-refractivity contribution in [3.8, 4) is 0 Å². The van der Waals surface area contributed by atoms with E-state index in [1.807, 2.05) is 0 Å². The molecule has 0 aromatic heterocycles. The molecule has 0 spiro atoms. The molecule has 0 rings (SSSR count). The molecule has 0 aliphatic carbocycles. The molecule has 1 unspecified atom stereocenters. The minimum absolute atomic E-state index is 0.108. The number of carboxylic acid groups (broad SMARTS) is 1. The van der Waals surface area contributed by atoms with Crippen LogP contribution in [0.4, 0.5) is 4.79 Å². The van der Waals surface area contributed by atoms with Crippen molar-refractivity contribution >= 4 is 52.6 Å². The summed E-state index contributed by atoms with van der Waals surface area (Å²) < 4.78 is 2.92. The van der Waals surface area contributed by atoms with Crippen molar-refractivity contribution in [3.05, 3.63) is 0 Å². The number of rotatable bonds is 3. The van der Waals surface area contributed by atoms with Crippen molar-refractivity contribution in [2.75, 3.05) is 0 Å². The molecule has 0 aromatic rings.